The first-order chi connectivity index (χ1) is 16.3. The standard InChI is InChI=1S/C25H26F3NO4S/c1-31-21-8-4-3-6-19(21)15-29(16-20-7-5-13-34-20)24(30)12-10-18-9-11-22(23(14-18)32-2)33-17-25(26,27)28/h3-9,11,13-14H,10,12,15-17H2,1-2H3. The van der Waals surface area contributed by atoms with Crippen molar-refractivity contribution < 1.29 is 32.2 Å². The normalized spacial score (nSPS) is 11.2. The van der Waals surface area contributed by atoms with E-state index in [1.807, 2.05) is 41.8 Å². The Morgan fingerprint density at radius 3 is 2.38 bits per heavy atom. The van der Waals surface area contributed by atoms with Gasteiger partial charge in [0, 0.05) is 23.4 Å². The van der Waals surface area contributed by atoms with Gasteiger partial charge in [0.05, 0.1) is 20.8 Å². The quantitative estimate of drug-likeness (QED) is 0.335. The van der Waals surface area contributed by atoms with E-state index in [9.17, 15) is 18.0 Å². The smallest absolute Gasteiger partial charge is 0.422 e. The molecular weight excluding hydrogens is 467 g/mol. The molecule has 182 valence electrons. The first-order valence-electron chi connectivity index (χ1n) is 10.6. The molecule has 0 radical (unpaired) electrons. The van der Waals surface area contributed by atoms with Crippen LogP contribution >= 0.6 is 11.3 Å². The van der Waals surface area contributed by atoms with Crippen LogP contribution in [0, 0.1) is 0 Å². The van der Waals surface area contributed by atoms with E-state index >= 15 is 0 Å². The fourth-order valence-corrected chi connectivity index (χ4v) is 4.14. The van der Waals surface area contributed by atoms with Crippen molar-refractivity contribution in [1.29, 1.82) is 0 Å². The Balaban J connectivity index is 1.70. The highest BCUT2D eigenvalue weighted by Crippen LogP contribution is 2.30. The third-order valence-corrected chi connectivity index (χ3v) is 5.94. The number of ether oxygens (including phenoxy) is 3. The Morgan fingerprint density at radius 2 is 1.71 bits per heavy atom. The summed E-state index contributed by atoms with van der Waals surface area (Å²) in [5.74, 6) is 0.866. The number of methoxy groups -OCH3 is 2. The first-order valence-corrected chi connectivity index (χ1v) is 11.5. The summed E-state index contributed by atoms with van der Waals surface area (Å²) in [5, 5.41) is 1.97. The highest BCUT2D eigenvalue weighted by molar-refractivity contribution is 7.09. The lowest BCUT2D eigenvalue weighted by molar-refractivity contribution is -0.153. The van der Waals surface area contributed by atoms with E-state index in [1.165, 1.54) is 13.2 Å². The average Bonchev–Trinajstić information content (AvgIpc) is 3.34. The van der Waals surface area contributed by atoms with Crippen molar-refractivity contribution >= 4 is 17.2 Å². The molecule has 0 aliphatic heterocycles. The average molecular weight is 494 g/mol. The van der Waals surface area contributed by atoms with E-state index in [2.05, 4.69) is 0 Å². The van der Waals surface area contributed by atoms with Gasteiger partial charge < -0.3 is 19.1 Å². The number of thiophene rings is 1. The van der Waals surface area contributed by atoms with Crippen LogP contribution in [-0.4, -0.2) is 37.8 Å². The van der Waals surface area contributed by atoms with Gasteiger partial charge in [-0.25, -0.2) is 0 Å². The van der Waals surface area contributed by atoms with Crippen molar-refractivity contribution in [2.75, 3.05) is 20.8 Å². The molecule has 0 aliphatic carbocycles. The lowest BCUT2D eigenvalue weighted by Gasteiger charge is -2.23. The minimum atomic E-state index is -4.44. The Bertz CT molecular complexity index is 1070. The van der Waals surface area contributed by atoms with Crippen LogP contribution in [0.2, 0.25) is 0 Å². The fourth-order valence-electron chi connectivity index (χ4n) is 3.42. The van der Waals surface area contributed by atoms with E-state index in [0.29, 0.717) is 25.3 Å². The molecule has 0 N–H and O–H groups in total. The number of aryl methyl sites for hydroxylation is 1. The molecule has 0 bridgehead atoms. The Kier molecular flexibility index (Phi) is 8.81. The van der Waals surface area contributed by atoms with Gasteiger partial charge in [0.2, 0.25) is 5.91 Å². The van der Waals surface area contributed by atoms with E-state index in [1.54, 1.807) is 35.5 Å². The number of hydrogen-bond acceptors (Lipinski definition) is 5. The SMILES string of the molecule is COc1ccccc1CN(Cc1cccs1)C(=O)CCc1ccc(OCC(F)(F)F)c(OC)c1. The molecule has 0 aliphatic rings. The van der Waals surface area contributed by atoms with Crippen LogP contribution in [0.5, 0.6) is 17.2 Å². The molecular formula is C25H26F3NO4S. The Hall–Kier alpha value is -3.20. The lowest BCUT2D eigenvalue weighted by atomic mass is 10.1. The lowest BCUT2D eigenvalue weighted by Crippen LogP contribution is -2.30. The molecule has 0 spiro atoms. The molecule has 3 aromatic rings. The number of amides is 1. The highest BCUT2D eigenvalue weighted by atomic mass is 32.1. The molecule has 1 amide bonds. The number of hydrogen-bond donors (Lipinski definition) is 0. The van der Waals surface area contributed by atoms with Crippen LogP contribution in [-0.2, 0) is 24.3 Å². The maximum atomic E-state index is 13.2. The van der Waals surface area contributed by atoms with Crippen LogP contribution in [0.4, 0.5) is 13.2 Å². The van der Waals surface area contributed by atoms with E-state index < -0.39 is 12.8 Å². The summed E-state index contributed by atoms with van der Waals surface area (Å²) in [6.07, 6.45) is -3.81. The van der Waals surface area contributed by atoms with Gasteiger partial charge in [0.1, 0.15) is 5.75 Å². The molecule has 0 atom stereocenters. The topological polar surface area (TPSA) is 48.0 Å². The first kappa shape index (κ1) is 25.4. The maximum Gasteiger partial charge on any atom is 0.422 e. The minimum Gasteiger partial charge on any atom is -0.496 e. The van der Waals surface area contributed by atoms with Crippen molar-refractivity contribution in [2.24, 2.45) is 0 Å². The zero-order valence-corrected chi connectivity index (χ0v) is 19.7. The van der Waals surface area contributed by atoms with Crippen molar-refractivity contribution in [1.82, 2.24) is 4.90 Å². The van der Waals surface area contributed by atoms with Crippen LogP contribution in [0.3, 0.4) is 0 Å². The molecule has 1 heterocycles. The van der Waals surface area contributed by atoms with Crippen molar-refractivity contribution in [2.45, 2.75) is 32.1 Å². The monoisotopic (exact) mass is 493 g/mol. The van der Waals surface area contributed by atoms with Gasteiger partial charge >= 0.3 is 6.18 Å². The van der Waals surface area contributed by atoms with Crippen LogP contribution in [0.25, 0.3) is 0 Å². The highest BCUT2D eigenvalue weighted by Gasteiger charge is 2.29. The number of carbonyl (C=O) groups is 1. The second kappa shape index (κ2) is 11.8. The van der Waals surface area contributed by atoms with Gasteiger partial charge in [-0.1, -0.05) is 30.3 Å². The Morgan fingerprint density at radius 1 is 0.941 bits per heavy atom. The molecule has 0 unspecified atom stereocenters. The van der Waals surface area contributed by atoms with Gasteiger partial charge in [-0.2, -0.15) is 13.2 Å². The summed E-state index contributed by atoms with van der Waals surface area (Å²) in [7, 11) is 2.96. The molecule has 2 aromatic carbocycles. The number of nitrogens with zero attached hydrogens (tertiary/aromatic N) is 1. The minimum absolute atomic E-state index is 0.00500. The molecule has 9 heteroatoms. The number of halogens is 3. The maximum absolute atomic E-state index is 13.2. The van der Waals surface area contributed by atoms with Gasteiger partial charge in [0.25, 0.3) is 0 Å². The van der Waals surface area contributed by atoms with Crippen LogP contribution in [0.15, 0.2) is 60.0 Å². The zero-order chi connectivity index (χ0) is 24.6. The van der Waals surface area contributed by atoms with Crippen LogP contribution < -0.4 is 14.2 Å². The summed E-state index contributed by atoms with van der Waals surface area (Å²) in [4.78, 5) is 16.0. The molecule has 0 fully saturated rings. The number of rotatable bonds is 11. The summed E-state index contributed by atoms with van der Waals surface area (Å²) in [5.41, 5.74) is 1.67. The third-order valence-electron chi connectivity index (χ3n) is 5.08. The van der Waals surface area contributed by atoms with Crippen molar-refractivity contribution in [3.05, 3.63) is 76.0 Å². The van der Waals surface area contributed by atoms with E-state index in [-0.39, 0.29) is 23.8 Å². The fraction of sp³-hybridized carbons (Fsp3) is 0.320. The molecule has 34 heavy (non-hydrogen) atoms. The summed E-state index contributed by atoms with van der Waals surface area (Å²) >= 11 is 1.58. The number of carbonyl (C=O) groups excluding carboxylic acids is 1. The second-order valence-electron chi connectivity index (χ2n) is 7.53. The predicted molar refractivity (Wildman–Crippen MR) is 124 cm³/mol. The van der Waals surface area contributed by atoms with E-state index in [0.717, 1.165) is 16.0 Å². The molecule has 3 rings (SSSR count). The Labute approximate surface area is 200 Å². The van der Waals surface area contributed by atoms with E-state index in [4.69, 9.17) is 14.2 Å². The summed E-state index contributed by atoms with van der Waals surface area (Å²) < 4.78 is 52.8. The summed E-state index contributed by atoms with van der Waals surface area (Å²) in [6, 6.07) is 16.2. The largest absolute Gasteiger partial charge is 0.496 e. The molecule has 0 saturated heterocycles. The molecule has 5 nitrogen and oxygen atoms in total. The second-order valence-corrected chi connectivity index (χ2v) is 8.56. The third kappa shape index (κ3) is 7.41. The summed E-state index contributed by atoms with van der Waals surface area (Å²) in [6.45, 7) is -0.530. The molecule has 1 aromatic heterocycles. The van der Waals surface area contributed by atoms with Gasteiger partial charge in [-0.3, -0.25) is 4.79 Å². The predicted octanol–water partition coefficient (Wildman–Crippen LogP) is 5.87. The molecule has 0 saturated carbocycles. The van der Waals surface area contributed by atoms with Gasteiger partial charge in [0.15, 0.2) is 18.1 Å². The van der Waals surface area contributed by atoms with Gasteiger partial charge in [-0.05, 0) is 41.6 Å². The number of para-hydroxylation sites is 1. The van der Waals surface area contributed by atoms with Crippen molar-refractivity contribution in [3.63, 3.8) is 0 Å². The van der Waals surface area contributed by atoms with Crippen LogP contribution in [0.1, 0.15) is 22.4 Å². The zero-order valence-electron chi connectivity index (χ0n) is 18.9. The van der Waals surface area contributed by atoms with Crippen molar-refractivity contribution in [3.8, 4) is 17.2 Å². The number of alkyl halides is 3. The van der Waals surface area contributed by atoms with Gasteiger partial charge in [-0.15, -0.1) is 11.3 Å². The number of benzene rings is 2.